The van der Waals surface area contributed by atoms with Crippen LogP contribution in [0.4, 0.5) is 0 Å². The molecule has 2 aromatic carbocycles. The molecule has 1 aliphatic rings. The molecule has 1 fully saturated rings. The van der Waals surface area contributed by atoms with Crippen LogP contribution in [-0.2, 0) is 16.1 Å². The van der Waals surface area contributed by atoms with Crippen LogP contribution < -0.4 is 10.1 Å². The summed E-state index contributed by atoms with van der Waals surface area (Å²) in [5, 5.41) is 3.12. The van der Waals surface area contributed by atoms with E-state index in [9.17, 15) is 9.59 Å². The summed E-state index contributed by atoms with van der Waals surface area (Å²) in [5.74, 6) is 0.301. The van der Waals surface area contributed by atoms with Gasteiger partial charge >= 0.3 is 0 Å². The molecule has 172 valence electrons. The zero-order valence-corrected chi connectivity index (χ0v) is 22.0. The van der Waals surface area contributed by atoms with Crippen LogP contribution >= 0.6 is 31.9 Å². The Labute approximate surface area is 207 Å². The van der Waals surface area contributed by atoms with E-state index in [0.717, 1.165) is 51.3 Å². The number of halogens is 2. The monoisotopic (exact) mass is 564 g/mol. The van der Waals surface area contributed by atoms with Crippen molar-refractivity contribution in [2.24, 2.45) is 0 Å². The van der Waals surface area contributed by atoms with Gasteiger partial charge in [0, 0.05) is 21.5 Å². The number of benzene rings is 2. The van der Waals surface area contributed by atoms with Crippen LogP contribution in [0.25, 0.3) is 0 Å². The van der Waals surface area contributed by atoms with E-state index in [0.29, 0.717) is 12.3 Å². The van der Waals surface area contributed by atoms with Gasteiger partial charge in [-0.2, -0.15) is 0 Å². The van der Waals surface area contributed by atoms with E-state index in [2.05, 4.69) is 37.2 Å². The fourth-order valence-electron chi connectivity index (χ4n) is 4.02. The Morgan fingerprint density at radius 2 is 1.78 bits per heavy atom. The highest BCUT2D eigenvalue weighted by Gasteiger charge is 2.28. The summed E-state index contributed by atoms with van der Waals surface area (Å²) < 4.78 is 7.80. The average molecular weight is 566 g/mol. The van der Waals surface area contributed by atoms with Crippen molar-refractivity contribution in [1.82, 2.24) is 10.2 Å². The van der Waals surface area contributed by atoms with Crippen molar-refractivity contribution in [3.05, 3.63) is 62.0 Å². The summed E-state index contributed by atoms with van der Waals surface area (Å²) in [6, 6.07) is 11.2. The maximum Gasteiger partial charge on any atom is 0.261 e. The fraction of sp³-hybridized carbons (Fsp3) is 0.440. The van der Waals surface area contributed by atoms with Crippen molar-refractivity contribution in [2.75, 3.05) is 6.61 Å². The lowest BCUT2D eigenvalue weighted by molar-refractivity contribution is -0.142. The molecule has 0 aromatic heterocycles. The van der Waals surface area contributed by atoms with Crippen LogP contribution in [0.3, 0.4) is 0 Å². The molecule has 0 bridgehead atoms. The molecule has 32 heavy (non-hydrogen) atoms. The van der Waals surface area contributed by atoms with Gasteiger partial charge in [-0.15, -0.1) is 0 Å². The Balaban J connectivity index is 1.74. The molecular formula is C25H30Br2N2O3. The van der Waals surface area contributed by atoms with Crippen LogP contribution in [0, 0.1) is 13.8 Å². The number of aryl methyl sites for hydroxylation is 2. The number of rotatable bonds is 8. The third kappa shape index (κ3) is 6.58. The smallest absolute Gasteiger partial charge is 0.261 e. The van der Waals surface area contributed by atoms with Crippen LogP contribution in [0.1, 0.15) is 49.3 Å². The van der Waals surface area contributed by atoms with Gasteiger partial charge in [0.1, 0.15) is 11.8 Å². The zero-order valence-electron chi connectivity index (χ0n) is 18.8. The number of nitrogens with zero attached hydrogens (tertiary/aromatic N) is 1. The summed E-state index contributed by atoms with van der Waals surface area (Å²) in [5.41, 5.74) is 3.04. The molecule has 3 rings (SSSR count). The van der Waals surface area contributed by atoms with E-state index < -0.39 is 6.04 Å². The SMILES string of the molecule is Cc1cc(OCC(=O)N(Cc2cccc(Br)c2)[C@@H](C)C(=O)NC2CCCC2)cc(C)c1Br. The quantitative estimate of drug-likeness (QED) is 0.448. The third-order valence-corrected chi connectivity index (χ3v) is 7.63. The molecule has 0 radical (unpaired) electrons. The van der Waals surface area contributed by atoms with Crippen molar-refractivity contribution >= 4 is 43.7 Å². The van der Waals surface area contributed by atoms with Crippen molar-refractivity contribution in [2.45, 2.75) is 65.1 Å². The second-order valence-corrected chi connectivity index (χ2v) is 10.2. The largest absolute Gasteiger partial charge is 0.484 e. The minimum Gasteiger partial charge on any atom is -0.484 e. The fourth-order valence-corrected chi connectivity index (χ4v) is 4.70. The standard InChI is InChI=1S/C25H30Br2N2O3/c1-16-11-22(12-17(2)24(16)27)32-15-23(30)29(14-19-7-6-8-20(26)13-19)18(3)25(31)28-21-9-4-5-10-21/h6-8,11-13,18,21H,4-5,9-10,14-15H2,1-3H3,(H,28,31)/t18-/m0/s1. The van der Waals surface area contributed by atoms with E-state index in [1.807, 2.05) is 50.2 Å². The zero-order chi connectivity index (χ0) is 23.3. The molecule has 7 heteroatoms. The minimum absolute atomic E-state index is 0.115. The van der Waals surface area contributed by atoms with E-state index >= 15 is 0 Å². The molecule has 1 atom stereocenters. The van der Waals surface area contributed by atoms with Gasteiger partial charge in [-0.3, -0.25) is 9.59 Å². The lowest BCUT2D eigenvalue weighted by atomic mass is 10.1. The number of nitrogens with one attached hydrogen (secondary N) is 1. The van der Waals surface area contributed by atoms with E-state index in [4.69, 9.17) is 4.74 Å². The second-order valence-electron chi connectivity index (χ2n) is 8.48. The summed E-state index contributed by atoms with van der Waals surface area (Å²) in [4.78, 5) is 27.8. The number of hydrogen-bond donors (Lipinski definition) is 1. The van der Waals surface area contributed by atoms with Gasteiger partial charge in [-0.1, -0.05) is 56.8 Å². The van der Waals surface area contributed by atoms with Crippen LogP contribution in [0.5, 0.6) is 5.75 Å². The summed E-state index contributed by atoms with van der Waals surface area (Å²) in [7, 11) is 0. The van der Waals surface area contributed by atoms with Crippen molar-refractivity contribution in [3.63, 3.8) is 0 Å². The Bertz CT molecular complexity index is 950. The summed E-state index contributed by atoms with van der Waals surface area (Å²) >= 11 is 7.03. The van der Waals surface area contributed by atoms with E-state index in [1.54, 1.807) is 11.8 Å². The maximum absolute atomic E-state index is 13.2. The lowest BCUT2D eigenvalue weighted by Gasteiger charge is -2.29. The third-order valence-electron chi connectivity index (χ3n) is 5.88. The first-order valence-electron chi connectivity index (χ1n) is 11.0. The van der Waals surface area contributed by atoms with Gasteiger partial charge in [-0.25, -0.2) is 0 Å². The molecule has 0 spiro atoms. The predicted molar refractivity (Wildman–Crippen MR) is 134 cm³/mol. The molecule has 5 nitrogen and oxygen atoms in total. The molecule has 2 amide bonds. The second kappa shape index (κ2) is 11.3. The summed E-state index contributed by atoms with van der Waals surface area (Å²) in [6.45, 7) is 5.96. The minimum atomic E-state index is -0.598. The van der Waals surface area contributed by atoms with Crippen LogP contribution in [-0.4, -0.2) is 35.4 Å². The molecule has 0 saturated heterocycles. The number of amides is 2. The first-order chi connectivity index (χ1) is 15.2. The highest BCUT2D eigenvalue weighted by atomic mass is 79.9. The Morgan fingerprint density at radius 1 is 1.12 bits per heavy atom. The maximum atomic E-state index is 13.2. The molecule has 0 aliphatic heterocycles. The van der Waals surface area contributed by atoms with Crippen molar-refractivity contribution < 1.29 is 14.3 Å². The van der Waals surface area contributed by atoms with Gasteiger partial charge in [-0.05, 0) is 74.6 Å². The molecule has 1 N–H and O–H groups in total. The van der Waals surface area contributed by atoms with E-state index in [-0.39, 0.29) is 24.5 Å². The molecule has 2 aromatic rings. The van der Waals surface area contributed by atoms with Gasteiger partial charge in [0.15, 0.2) is 6.61 Å². The molecule has 0 unspecified atom stereocenters. The van der Waals surface area contributed by atoms with Crippen LogP contribution in [0.15, 0.2) is 45.3 Å². The molecular weight excluding hydrogens is 536 g/mol. The number of carbonyl (C=O) groups is 2. The first kappa shape index (κ1) is 24.8. The van der Waals surface area contributed by atoms with Crippen molar-refractivity contribution in [3.8, 4) is 5.75 Å². The van der Waals surface area contributed by atoms with Gasteiger partial charge in [0.25, 0.3) is 5.91 Å². The van der Waals surface area contributed by atoms with Gasteiger partial charge in [0.05, 0.1) is 0 Å². The Kier molecular flexibility index (Phi) is 8.77. The highest BCUT2D eigenvalue weighted by molar-refractivity contribution is 9.10. The molecule has 1 aliphatic carbocycles. The number of carbonyl (C=O) groups excluding carboxylic acids is 2. The topological polar surface area (TPSA) is 58.6 Å². The Hall–Kier alpha value is -1.86. The lowest BCUT2D eigenvalue weighted by Crippen LogP contribution is -2.50. The van der Waals surface area contributed by atoms with E-state index in [1.165, 1.54) is 0 Å². The molecule has 1 saturated carbocycles. The average Bonchev–Trinajstić information content (AvgIpc) is 3.26. The number of ether oxygens (including phenoxy) is 1. The van der Waals surface area contributed by atoms with Crippen LogP contribution in [0.2, 0.25) is 0 Å². The Morgan fingerprint density at radius 3 is 2.41 bits per heavy atom. The normalized spacial score (nSPS) is 14.8. The predicted octanol–water partition coefficient (Wildman–Crippen LogP) is 5.68. The highest BCUT2D eigenvalue weighted by Crippen LogP contribution is 2.26. The van der Waals surface area contributed by atoms with Gasteiger partial charge in [0.2, 0.25) is 5.91 Å². The molecule has 0 heterocycles. The first-order valence-corrected chi connectivity index (χ1v) is 12.6. The van der Waals surface area contributed by atoms with Gasteiger partial charge < -0.3 is 15.0 Å². The summed E-state index contributed by atoms with van der Waals surface area (Å²) in [6.07, 6.45) is 4.28. The number of hydrogen-bond acceptors (Lipinski definition) is 3. The van der Waals surface area contributed by atoms with Crippen molar-refractivity contribution in [1.29, 1.82) is 0 Å².